The van der Waals surface area contributed by atoms with Crippen molar-refractivity contribution in [1.29, 1.82) is 0 Å². The van der Waals surface area contributed by atoms with Gasteiger partial charge in [-0.05, 0) is 19.3 Å². The van der Waals surface area contributed by atoms with Crippen molar-refractivity contribution in [1.82, 2.24) is 0 Å². The lowest BCUT2D eigenvalue weighted by Crippen LogP contribution is -2.15. The van der Waals surface area contributed by atoms with Gasteiger partial charge in [0.05, 0.1) is 19.3 Å². The summed E-state index contributed by atoms with van der Waals surface area (Å²) in [6.45, 7) is 4.82. The second-order valence-corrected chi connectivity index (χ2v) is 4.01. The molecule has 2 atom stereocenters. The molecule has 1 aliphatic heterocycles. The lowest BCUT2D eigenvalue weighted by molar-refractivity contribution is 0.0662. The number of hydrogen-bond acceptors (Lipinski definition) is 3. The molecule has 2 unspecified atom stereocenters. The molecule has 0 aromatic rings. The number of hydrogen-bond donors (Lipinski definition) is 1. The lowest BCUT2D eigenvalue weighted by Gasteiger charge is -2.13. The molecular weight excluding hydrogens is 180 g/mol. The first-order chi connectivity index (χ1) is 6.86. The monoisotopic (exact) mass is 202 g/mol. The first-order valence-electron chi connectivity index (χ1n) is 5.67. The molecular formula is C11H22O3. The molecule has 1 N–H and O–H groups in total. The zero-order valence-corrected chi connectivity index (χ0v) is 9.08. The summed E-state index contributed by atoms with van der Waals surface area (Å²) in [6, 6.07) is 0. The second-order valence-electron chi connectivity index (χ2n) is 4.01. The summed E-state index contributed by atoms with van der Waals surface area (Å²) in [7, 11) is 0. The van der Waals surface area contributed by atoms with Crippen molar-refractivity contribution in [2.45, 2.75) is 38.7 Å². The molecule has 3 nitrogen and oxygen atoms in total. The molecule has 84 valence electrons. The van der Waals surface area contributed by atoms with E-state index in [1.165, 1.54) is 6.42 Å². The Morgan fingerprint density at radius 3 is 2.93 bits per heavy atom. The third-order valence-corrected chi connectivity index (χ3v) is 2.55. The summed E-state index contributed by atoms with van der Waals surface area (Å²) in [5, 5.41) is 9.10. The Morgan fingerprint density at radius 1 is 1.57 bits per heavy atom. The SMILES string of the molecule is CCCCOCC(CO)CCC1CO1. The van der Waals surface area contributed by atoms with Gasteiger partial charge in [0, 0.05) is 19.1 Å². The maximum Gasteiger partial charge on any atom is 0.0810 e. The highest BCUT2D eigenvalue weighted by Gasteiger charge is 2.23. The average Bonchev–Trinajstić information content (AvgIpc) is 3.01. The van der Waals surface area contributed by atoms with E-state index < -0.39 is 0 Å². The minimum absolute atomic E-state index is 0.235. The number of rotatable bonds is 9. The molecule has 1 heterocycles. The van der Waals surface area contributed by atoms with Crippen LogP contribution in [0.15, 0.2) is 0 Å². The molecule has 0 aliphatic carbocycles. The molecule has 1 fully saturated rings. The predicted molar refractivity (Wildman–Crippen MR) is 55.3 cm³/mol. The molecule has 0 saturated carbocycles. The topological polar surface area (TPSA) is 42.0 Å². The standard InChI is InChI=1S/C11H22O3/c1-2-3-6-13-8-10(7-12)4-5-11-9-14-11/h10-12H,2-9H2,1H3. The number of ether oxygens (including phenoxy) is 2. The van der Waals surface area contributed by atoms with Crippen LogP contribution in [0.3, 0.4) is 0 Å². The minimum atomic E-state index is 0.235. The summed E-state index contributed by atoms with van der Waals surface area (Å²) < 4.78 is 10.6. The van der Waals surface area contributed by atoms with Crippen LogP contribution in [-0.2, 0) is 9.47 Å². The summed E-state index contributed by atoms with van der Waals surface area (Å²) >= 11 is 0. The molecule has 3 heteroatoms. The van der Waals surface area contributed by atoms with E-state index in [1.54, 1.807) is 0 Å². The first-order valence-corrected chi connectivity index (χ1v) is 5.67. The summed E-state index contributed by atoms with van der Waals surface area (Å²) in [4.78, 5) is 0. The molecule has 0 spiro atoms. The van der Waals surface area contributed by atoms with E-state index in [4.69, 9.17) is 14.6 Å². The fourth-order valence-electron chi connectivity index (χ4n) is 1.38. The summed E-state index contributed by atoms with van der Waals surface area (Å²) in [6.07, 6.45) is 4.85. The van der Waals surface area contributed by atoms with E-state index in [2.05, 4.69) is 6.92 Å². The average molecular weight is 202 g/mol. The Bertz CT molecular complexity index is 134. The van der Waals surface area contributed by atoms with Crippen molar-refractivity contribution in [3.63, 3.8) is 0 Å². The molecule has 0 radical (unpaired) electrons. The molecule has 0 amide bonds. The Balaban J connectivity index is 1.93. The van der Waals surface area contributed by atoms with Crippen LogP contribution in [0.4, 0.5) is 0 Å². The van der Waals surface area contributed by atoms with Crippen molar-refractivity contribution < 1.29 is 14.6 Å². The van der Waals surface area contributed by atoms with Crippen molar-refractivity contribution in [3.8, 4) is 0 Å². The van der Waals surface area contributed by atoms with Crippen LogP contribution in [0.1, 0.15) is 32.6 Å². The second kappa shape index (κ2) is 7.21. The first kappa shape index (κ1) is 12.0. The van der Waals surface area contributed by atoms with Crippen molar-refractivity contribution in [3.05, 3.63) is 0 Å². The highest BCUT2D eigenvalue weighted by molar-refractivity contribution is 4.71. The smallest absolute Gasteiger partial charge is 0.0810 e. The fraction of sp³-hybridized carbons (Fsp3) is 1.00. The Labute approximate surface area is 86.4 Å². The van der Waals surface area contributed by atoms with Gasteiger partial charge in [0.2, 0.25) is 0 Å². The maximum atomic E-state index is 9.10. The van der Waals surface area contributed by atoms with Crippen LogP contribution in [0, 0.1) is 5.92 Å². The van der Waals surface area contributed by atoms with Gasteiger partial charge in [-0.2, -0.15) is 0 Å². The number of aliphatic hydroxyl groups is 1. The van der Waals surface area contributed by atoms with Crippen LogP contribution < -0.4 is 0 Å². The molecule has 0 bridgehead atoms. The highest BCUT2D eigenvalue weighted by atomic mass is 16.6. The van der Waals surface area contributed by atoms with Crippen LogP contribution in [0.5, 0.6) is 0 Å². The van der Waals surface area contributed by atoms with Crippen LogP contribution in [-0.4, -0.2) is 37.6 Å². The van der Waals surface area contributed by atoms with Gasteiger partial charge in [0.1, 0.15) is 0 Å². The summed E-state index contributed by atoms with van der Waals surface area (Å²) in [5.41, 5.74) is 0. The van der Waals surface area contributed by atoms with Gasteiger partial charge >= 0.3 is 0 Å². The van der Waals surface area contributed by atoms with Gasteiger partial charge in [0.15, 0.2) is 0 Å². The Kier molecular flexibility index (Phi) is 6.15. The van der Waals surface area contributed by atoms with E-state index in [0.29, 0.717) is 18.6 Å². The predicted octanol–water partition coefficient (Wildman–Crippen LogP) is 1.59. The van der Waals surface area contributed by atoms with Crippen LogP contribution in [0.25, 0.3) is 0 Å². The Morgan fingerprint density at radius 2 is 2.36 bits per heavy atom. The van der Waals surface area contributed by atoms with Gasteiger partial charge in [-0.3, -0.25) is 0 Å². The van der Waals surface area contributed by atoms with Gasteiger partial charge < -0.3 is 14.6 Å². The zero-order valence-electron chi connectivity index (χ0n) is 9.08. The summed E-state index contributed by atoms with van der Waals surface area (Å²) in [5.74, 6) is 0.302. The molecule has 14 heavy (non-hydrogen) atoms. The number of unbranched alkanes of at least 4 members (excludes halogenated alkanes) is 1. The molecule has 1 aliphatic rings. The van der Waals surface area contributed by atoms with Crippen molar-refractivity contribution >= 4 is 0 Å². The van der Waals surface area contributed by atoms with E-state index in [9.17, 15) is 0 Å². The quantitative estimate of drug-likeness (QED) is 0.456. The van der Waals surface area contributed by atoms with Gasteiger partial charge in [0.25, 0.3) is 0 Å². The van der Waals surface area contributed by atoms with Gasteiger partial charge in [-0.15, -0.1) is 0 Å². The molecule has 1 rings (SSSR count). The highest BCUT2D eigenvalue weighted by Crippen LogP contribution is 2.19. The van der Waals surface area contributed by atoms with E-state index >= 15 is 0 Å². The third-order valence-electron chi connectivity index (χ3n) is 2.55. The van der Waals surface area contributed by atoms with Crippen LogP contribution in [0.2, 0.25) is 0 Å². The zero-order chi connectivity index (χ0) is 10.2. The molecule has 0 aromatic heterocycles. The van der Waals surface area contributed by atoms with E-state index in [0.717, 1.165) is 32.5 Å². The number of aliphatic hydroxyl groups excluding tert-OH is 1. The largest absolute Gasteiger partial charge is 0.396 e. The maximum absolute atomic E-state index is 9.10. The minimum Gasteiger partial charge on any atom is -0.396 e. The van der Waals surface area contributed by atoms with Gasteiger partial charge in [-0.1, -0.05) is 13.3 Å². The lowest BCUT2D eigenvalue weighted by atomic mass is 10.0. The fourth-order valence-corrected chi connectivity index (χ4v) is 1.38. The normalized spacial score (nSPS) is 22.3. The van der Waals surface area contributed by atoms with Gasteiger partial charge in [-0.25, -0.2) is 0 Å². The Hall–Kier alpha value is -0.120. The van der Waals surface area contributed by atoms with E-state index in [-0.39, 0.29) is 6.61 Å². The molecule has 0 aromatic carbocycles. The third kappa shape index (κ3) is 5.58. The van der Waals surface area contributed by atoms with Crippen molar-refractivity contribution in [2.75, 3.05) is 26.4 Å². The number of epoxide rings is 1. The van der Waals surface area contributed by atoms with Crippen molar-refractivity contribution in [2.24, 2.45) is 5.92 Å². The van der Waals surface area contributed by atoms with E-state index in [1.807, 2.05) is 0 Å². The van der Waals surface area contributed by atoms with Crippen LogP contribution >= 0.6 is 0 Å². The molecule has 1 saturated heterocycles.